The van der Waals surface area contributed by atoms with Gasteiger partial charge in [0.05, 0.1) is 26.3 Å². The number of hydrogen-bond acceptors (Lipinski definition) is 7. The van der Waals surface area contributed by atoms with E-state index in [9.17, 15) is 19.8 Å². The van der Waals surface area contributed by atoms with E-state index in [-0.39, 0.29) is 60.4 Å². The highest BCUT2D eigenvalue weighted by molar-refractivity contribution is 5.98. The number of Topliss-reactive ketones (excluding diaryl/α,β-unsaturated/α-hetero) is 2. The number of benzene rings is 2. The summed E-state index contributed by atoms with van der Waals surface area (Å²) in [6.07, 6.45) is 0. The molecule has 0 aromatic heterocycles. The summed E-state index contributed by atoms with van der Waals surface area (Å²) in [6, 6.07) is 9.33. The lowest BCUT2D eigenvalue weighted by atomic mass is 10.0. The van der Waals surface area contributed by atoms with Gasteiger partial charge in [-0.1, -0.05) is 0 Å². The van der Waals surface area contributed by atoms with Gasteiger partial charge in [-0.3, -0.25) is 9.59 Å². The normalized spacial score (nSPS) is 12.1. The van der Waals surface area contributed by atoms with Crippen molar-refractivity contribution in [1.82, 2.24) is 10.6 Å². The SMILES string of the molecule is CC(C)(C)NCC(=O)c1ccc(O)c(COCc2cc(C(=O)CNC(C)(C)C)ccc2O)c1. The Labute approximate surface area is 196 Å². The fraction of sp³-hybridized carbons (Fsp3) is 0.462. The number of ether oxygens (including phenoxy) is 1. The number of ketones is 2. The molecule has 0 heterocycles. The number of phenolic OH excluding ortho intramolecular Hbond substituents is 2. The number of phenols is 2. The molecule has 0 amide bonds. The lowest BCUT2D eigenvalue weighted by molar-refractivity contribution is 0.0974. The van der Waals surface area contributed by atoms with E-state index >= 15 is 0 Å². The molecule has 0 aliphatic carbocycles. The summed E-state index contributed by atoms with van der Waals surface area (Å²) < 4.78 is 5.69. The molecule has 0 aliphatic heterocycles. The zero-order valence-corrected chi connectivity index (χ0v) is 20.4. The number of hydrogen-bond donors (Lipinski definition) is 4. The number of nitrogens with one attached hydrogen (secondary N) is 2. The lowest BCUT2D eigenvalue weighted by Crippen LogP contribution is -2.39. The molecule has 2 aromatic rings. The van der Waals surface area contributed by atoms with Crippen LogP contribution >= 0.6 is 0 Å². The Morgan fingerprint density at radius 3 is 1.42 bits per heavy atom. The number of carbonyl (C=O) groups excluding carboxylic acids is 2. The Hall–Kier alpha value is -2.74. The summed E-state index contributed by atoms with van der Waals surface area (Å²) in [4.78, 5) is 24.9. The van der Waals surface area contributed by atoms with E-state index in [1.165, 1.54) is 12.1 Å². The van der Waals surface area contributed by atoms with Gasteiger partial charge >= 0.3 is 0 Å². The Kier molecular flexibility index (Phi) is 8.77. The van der Waals surface area contributed by atoms with Crippen molar-refractivity contribution in [3.63, 3.8) is 0 Å². The van der Waals surface area contributed by atoms with Gasteiger partial charge in [0.1, 0.15) is 11.5 Å². The minimum Gasteiger partial charge on any atom is -0.508 e. The van der Waals surface area contributed by atoms with Crippen LogP contribution in [-0.2, 0) is 18.0 Å². The average Bonchev–Trinajstić information content (AvgIpc) is 2.71. The molecular weight excluding hydrogens is 420 g/mol. The van der Waals surface area contributed by atoms with E-state index < -0.39 is 0 Å². The second-order valence-corrected chi connectivity index (χ2v) is 10.2. The second kappa shape index (κ2) is 10.9. The maximum Gasteiger partial charge on any atom is 0.176 e. The number of carbonyl (C=O) groups is 2. The molecule has 4 N–H and O–H groups in total. The first-order chi connectivity index (χ1) is 15.2. The van der Waals surface area contributed by atoms with Crippen molar-refractivity contribution in [1.29, 1.82) is 0 Å². The Balaban J connectivity index is 2.02. The van der Waals surface area contributed by atoms with Crippen molar-refractivity contribution < 1.29 is 24.5 Å². The van der Waals surface area contributed by atoms with E-state index in [0.717, 1.165) is 0 Å². The molecule has 0 aliphatic rings. The van der Waals surface area contributed by atoms with Gasteiger partial charge in [-0.2, -0.15) is 0 Å². The maximum absolute atomic E-state index is 12.5. The summed E-state index contributed by atoms with van der Waals surface area (Å²) in [5.74, 6) is -0.119. The Bertz CT molecular complexity index is 908. The average molecular weight is 457 g/mol. The Morgan fingerprint density at radius 2 is 1.09 bits per heavy atom. The van der Waals surface area contributed by atoms with E-state index in [1.54, 1.807) is 24.3 Å². The summed E-state index contributed by atoms with van der Waals surface area (Å²) in [7, 11) is 0. The molecule has 7 nitrogen and oxygen atoms in total. The van der Waals surface area contributed by atoms with E-state index in [2.05, 4.69) is 10.6 Å². The summed E-state index contributed by atoms with van der Waals surface area (Å²) in [6.45, 7) is 12.4. The first kappa shape index (κ1) is 26.5. The zero-order chi connectivity index (χ0) is 24.8. The van der Waals surface area contributed by atoms with Crippen molar-refractivity contribution in [2.75, 3.05) is 13.1 Å². The molecule has 0 saturated carbocycles. The van der Waals surface area contributed by atoms with Crippen molar-refractivity contribution >= 4 is 11.6 Å². The van der Waals surface area contributed by atoms with Gasteiger partial charge in [0, 0.05) is 33.3 Å². The molecule has 2 rings (SSSR count). The van der Waals surface area contributed by atoms with Gasteiger partial charge in [-0.25, -0.2) is 0 Å². The van der Waals surface area contributed by atoms with Gasteiger partial charge in [0.2, 0.25) is 0 Å². The van der Waals surface area contributed by atoms with Gasteiger partial charge in [-0.15, -0.1) is 0 Å². The second-order valence-electron chi connectivity index (χ2n) is 10.2. The van der Waals surface area contributed by atoms with Crippen LogP contribution in [0.15, 0.2) is 36.4 Å². The van der Waals surface area contributed by atoms with E-state index in [1.807, 2.05) is 41.5 Å². The molecule has 0 atom stereocenters. The highest BCUT2D eigenvalue weighted by atomic mass is 16.5. The zero-order valence-electron chi connectivity index (χ0n) is 20.4. The predicted molar refractivity (Wildman–Crippen MR) is 129 cm³/mol. The smallest absolute Gasteiger partial charge is 0.176 e. The number of rotatable bonds is 10. The third-order valence-corrected chi connectivity index (χ3v) is 4.88. The van der Waals surface area contributed by atoms with Crippen LogP contribution in [0.4, 0.5) is 0 Å². The van der Waals surface area contributed by atoms with Crippen molar-refractivity contribution in [2.24, 2.45) is 0 Å². The molecule has 0 fully saturated rings. The fourth-order valence-corrected chi connectivity index (χ4v) is 2.92. The van der Waals surface area contributed by atoms with E-state index in [4.69, 9.17) is 4.74 Å². The lowest BCUT2D eigenvalue weighted by Gasteiger charge is -2.20. The number of aromatic hydroxyl groups is 2. The van der Waals surface area contributed by atoms with Crippen LogP contribution in [0.3, 0.4) is 0 Å². The molecule has 180 valence electrons. The van der Waals surface area contributed by atoms with Crippen molar-refractivity contribution in [3.05, 3.63) is 58.7 Å². The minimum absolute atomic E-state index is 0.0248. The Morgan fingerprint density at radius 1 is 0.727 bits per heavy atom. The molecule has 2 aromatic carbocycles. The van der Waals surface area contributed by atoms with Gasteiger partial charge in [0.15, 0.2) is 11.6 Å². The van der Waals surface area contributed by atoms with Gasteiger partial charge in [0.25, 0.3) is 0 Å². The molecule has 0 spiro atoms. The highest BCUT2D eigenvalue weighted by Crippen LogP contribution is 2.23. The third kappa shape index (κ3) is 8.96. The van der Waals surface area contributed by atoms with Crippen LogP contribution in [0.2, 0.25) is 0 Å². The molecule has 0 saturated heterocycles. The van der Waals surface area contributed by atoms with Crippen LogP contribution in [0.1, 0.15) is 73.4 Å². The minimum atomic E-state index is -0.181. The van der Waals surface area contributed by atoms with Crippen LogP contribution < -0.4 is 10.6 Å². The van der Waals surface area contributed by atoms with Crippen LogP contribution in [0.5, 0.6) is 11.5 Å². The molecule has 0 radical (unpaired) electrons. The third-order valence-electron chi connectivity index (χ3n) is 4.88. The largest absolute Gasteiger partial charge is 0.508 e. The molecule has 0 unspecified atom stereocenters. The molecule has 7 heteroatoms. The highest BCUT2D eigenvalue weighted by Gasteiger charge is 2.16. The van der Waals surface area contributed by atoms with Crippen molar-refractivity contribution in [2.45, 2.75) is 65.8 Å². The first-order valence-electron chi connectivity index (χ1n) is 11.0. The topological polar surface area (TPSA) is 108 Å². The summed E-state index contributed by atoms with van der Waals surface area (Å²) in [5.41, 5.74) is 1.53. The van der Waals surface area contributed by atoms with Crippen LogP contribution in [0.25, 0.3) is 0 Å². The monoisotopic (exact) mass is 456 g/mol. The van der Waals surface area contributed by atoms with Gasteiger partial charge in [-0.05, 0) is 77.9 Å². The first-order valence-corrected chi connectivity index (χ1v) is 11.0. The van der Waals surface area contributed by atoms with Crippen LogP contribution in [0, 0.1) is 0 Å². The molecule has 33 heavy (non-hydrogen) atoms. The fourth-order valence-electron chi connectivity index (χ4n) is 2.92. The van der Waals surface area contributed by atoms with Crippen molar-refractivity contribution in [3.8, 4) is 11.5 Å². The standard InChI is InChI=1S/C26H36N2O5/c1-25(2,3)27-13-23(31)17-7-9-21(29)19(11-17)15-33-16-20-12-18(8-10-22(20)30)24(32)14-28-26(4,5)6/h7-12,27-30H,13-16H2,1-6H3. The van der Waals surface area contributed by atoms with E-state index in [0.29, 0.717) is 22.3 Å². The molecular formula is C26H36N2O5. The molecule has 0 bridgehead atoms. The quantitative estimate of drug-likeness (QED) is 0.401. The predicted octanol–water partition coefficient (Wildman–Crippen LogP) is 3.96. The maximum atomic E-state index is 12.5. The summed E-state index contributed by atoms with van der Waals surface area (Å²) >= 11 is 0. The van der Waals surface area contributed by atoms with Crippen LogP contribution in [-0.4, -0.2) is 45.9 Å². The van der Waals surface area contributed by atoms with Gasteiger partial charge < -0.3 is 25.6 Å². The summed E-state index contributed by atoms with van der Waals surface area (Å²) in [5, 5.41) is 26.6.